The quantitative estimate of drug-likeness (QED) is 0.914. The zero-order chi connectivity index (χ0) is 12.4. The lowest BCUT2D eigenvalue weighted by Crippen LogP contribution is -2.13. The molecule has 0 aliphatic heterocycles. The van der Waals surface area contributed by atoms with Gasteiger partial charge in [-0.25, -0.2) is 4.39 Å². The number of hydrogen-bond donors (Lipinski definition) is 1. The van der Waals surface area contributed by atoms with Crippen molar-refractivity contribution in [3.8, 4) is 0 Å². The normalized spacial score (nSPS) is 12.7. The Morgan fingerprint density at radius 2 is 2.29 bits per heavy atom. The second-order valence-electron chi connectivity index (χ2n) is 3.74. The molecule has 0 saturated heterocycles. The minimum Gasteiger partial charge on any atom is -0.320 e. The fourth-order valence-electron chi connectivity index (χ4n) is 1.69. The van der Waals surface area contributed by atoms with Gasteiger partial charge in [-0.05, 0) is 19.1 Å². The third kappa shape index (κ3) is 2.33. The van der Waals surface area contributed by atoms with E-state index in [-0.39, 0.29) is 0 Å². The molecule has 90 valence electrons. The molecule has 1 aromatic heterocycles. The molecule has 3 nitrogen and oxygen atoms in total. The molecule has 0 amide bonds. The standard InChI is InChI=1S/C12H13ClFN3/c1-2-17-7-8(6-16-17)12(15)11-9(13)4-3-5-10(11)14/h3-7,12H,2,15H2,1H3. The highest BCUT2D eigenvalue weighted by Gasteiger charge is 2.18. The molecule has 1 unspecified atom stereocenters. The summed E-state index contributed by atoms with van der Waals surface area (Å²) >= 11 is 5.97. The summed E-state index contributed by atoms with van der Waals surface area (Å²) in [4.78, 5) is 0. The number of rotatable bonds is 3. The number of aryl methyl sites for hydroxylation is 1. The molecule has 2 rings (SSSR count). The highest BCUT2D eigenvalue weighted by atomic mass is 35.5. The average Bonchev–Trinajstić information content (AvgIpc) is 2.77. The van der Waals surface area contributed by atoms with Crippen molar-refractivity contribution in [2.75, 3.05) is 0 Å². The van der Waals surface area contributed by atoms with Gasteiger partial charge < -0.3 is 5.73 Å². The van der Waals surface area contributed by atoms with Crippen LogP contribution in [0.3, 0.4) is 0 Å². The molecule has 0 fully saturated rings. The van der Waals surface area contributed by atoms with Gasteiger partial charge in [0.1, 0.15) is 5.82 Å². The summed E-state index contributed by atoms with van der Waals surface area (Å²) < 4.78 is 15.4. The van der Waals surface area contributed by atoms with Gasteiger partial charge in [0.15, 0.2) is 0 Å². The molecule has 5 heteroatoms. The van der Waals surface area contributed by atoms with Gasteiger partial charge in [-0.1, -0.05) is 17.7 Å². The molecule has 0 saturated carbocycles. The van der Waals surface area contributed by atoms with E-state index < -0.39 is 11.9 Å². The van der Waals surface area contributed by atoms with E-state index >= 15 is 0 Å². The second-order valence-corrected chi connectivity index (χ2v) is 4.15. The van der Waals surface area contributed by atoms with Crippen LogP contribution < -0.4 is 5.73 Å². The molecule has 0 spiro atoms. The van der Waals surface area contributed by atoms with E-state index in [0.29, 0.717) is 10.6 Å². The predicted molar refractivity (Wildman–Crippen MR) is 65.3 cm³/mol. The van der Waals surface area contributed by atoms with Crippen LogP contribution in [0.1, 0.15) is 24.1 Å². The first-order valence-corrected chi connectivity index (χ1v) is 5.73. The van der Waals surface area contributed by atoms with Crippen molar-refractivity contribution >= 4 is 11.6 Å². The Bertz CT molecular complexity index is 504. The molecular formula is C12H13ClFN3. The van der Waals surface area contributed by atoms with Crippen LogP contribution in [0.2, 0.25) is 5.02 Å². The maximum atomic E-state index is 13.7. The Hall–Kier alpha value is -1.39. The molecule has 1 aromatic carbocycles. The molecular weight excluding hydrogens is 241 g/mol. The Kier molecular flexibility index (Phi) is 3.45. The Morgan fingerprint density at radius 1 is 1.53 bits per heavy atom. The summed E-state index contributed by atoms with van der Waals surface area (Å²) in [6.45, 7) is 2.72. The van der Waals surface area contributed by atoms with Gasteiger partial charge in [0.05, 0.1) is 12.2 Å². The molecule has 1 atom stereocenters. The number of hydrogen-bond acceptors (Lipinski definition) is 2. The lowest BCUT2D eigenvalue weighted by Gasteiger charge is -2.12. The first kappa shape index (κ1) is 12.1. The van der Waals surface area contributed by atoms with Crippen LogP contribution >= 0.6 is 11.6 Å². The molecule has 0 bridgehead atoms. The molecule has 0 aliphatic carbocycles. The second kappa shape index (κ2) is 4.85. The van der Waals surface area contributed by atoms with Crippen molar-refractivity contribution < 1.29 is 4.39 Å². The van der Waals surface area contributed by atoms with Crippen molar-refractivity contribution in [2.45, 2.75) is 19.5 Å². The van der Waals surface area contributed by atoms with Gasteiger partial charge in [0, 0.05) is 28.9 Å². The highest BCUT2D eigenvalue weighted by molar-refractivity contribution is 6.31. The fourth-order valence-corrected chi connectivity index (χ4v) is 1.97. The fraction of sp³-hybridized carbons (Fsp3) is 0.250. The van der Waals surface area contributed by atoms with Gasteiger partial charge in [0.2, 0.25) is 0 Å². The van der Waals surface area contributed by atoms with Gasteiger partial charge in [0.25, 0.3) is 0 Å². The summed E-state index contributed by atoms with van der Waals surface area (Å²) in [5.41, 5.74) is 7.07. The van der Waals surface area contributed by atoms with Crippen molar-refractivity contribution in [1.82, 2.24) is 9.78 Å². The molecule has 0 radical (unpaired) electrons. The SMILES string of the molecule is CCn1cc(C(N)c2c(F)cccc2Cl)cn1. The third-order valence-corrected chi connectivity index (χ3v) is 2.98. The number of halogens is 2. The molecule has 2 aromatic rings. The van der Waals surface area contributed by atoms with E-state index in [1.54, 1.807) is 29.2 Å². The van der Waals surface area contributed by atoms with Gasteiger partial charge in [-0.3, -0.25) is 4.68 Å². The first-order chi connectivity index (χ1) is 8.13. The van der Waals surface area contributed by atoms with Crippen LogP contribution in [0, 0.1) is 5.82 Å². The van der Waals surface area contributed by atoms with Crippen molar-refractivity contribution in [3.05, 3.63) is 52.6 Å². The van der Waals surface area contributed by atoms with Crippen molar-refractivity contribution in [1.29, 1.82) is 0 Å². The van der Waals surface area contributed by atoms with Crippen LogP contribution in [0.25, 0.3) is 0 Å². The van der Waals surface area contributed by atoms with E-state index in [9.17, 15) is 4.39 Å². The molecule has 0 aliphatic rings. The first-order valence-electron chi connectivity index (χ1n) is 5.35. The minimum atomic E-state index is -0.594. The maximum Gasteiger partial charge on any atom is 0.129 e. The Balaban J connectivity index is 2.39. The highest BCUT2D eigenvalue weighted by Crippen LogP contribution is 2.28. The summed E-state index contributed by atoms with van der Waals surface area (Å²) in [5.74, 6) is -0.394. The predicted octanol–water partition coefficient (Wildman–Crippen LogP) is 2.74. The average molecular weight is 254 g/mol. The lowest BCUT2D eigenvalue weighted by molar-refractivity contribution is 0.599. The van der Waals surface area contributed by atoms with E-state index in [1.807, 2.05) is 6.92 Å². The third-order valence-electron chi connectivity index (χ3n) is 2.65. The van der Waals surface area contributed by atoms with E-state index in [0.717, 1.165) is 12.1 Å². The lowest BCUT2D eigenvalue weighted by atomic mass is 10.0. The topological polar surface area (TPSA) is 43.8 Å². The van der Waals surface area contributed by atoms with Gasteiger partial charge >= 0.3 is 0 Å². The van der Waals surface area contributed by atoms with Crippen LogP contribution in [0.15, 0.2) is 30.6 Å². The van der Waals surface area contributed by atoms with Crippen LogP contribution in [0.5, 0.6) is 0 Å². The zero-order valence-electron chi connectivity index (χ0n) is 9.40. The summed E-state index contributed by atoms with van der Waals surface area (Å²) in [7, 11) is 0. The molecule has 17 heavy (non-hydrogen) atoms. The van der Waals surface area contributed by atoms with E-state index in [2.05, 4.69) is 5.10 Å². The maximum absolute atomic E-state index is 13.7. The van der Waals surface area contributed by atoms with Crippen molar-refractivity contribution in [2.24, 2.45) is 5.73 Å². The number of aromatic nitrogens is 2. The summed E-state index contributed by atoms with van der Waals surface area (Å²) in [6.07, 6.45) is 3.43. The van der Waals surface area contributed by atoms with Crippen LogP contribution in [-0.2, 0) is 6.54 Å². The molecule has 2 N–H and O–H groups in total. The number of nitrogens with two attached hydrogens (primary N) is 1. The monoisotopic (exact) mass is 253 g/mol. The number of benzene rings is 1. The molecule has 1 heterocycles. The van der Waals surface area contributed by atoms with Crippen molar-refractivity contribution in [3.63, 3.8) is 0 Å². The largest absolute Gasteiger partial charge is 0.320 e. The van der Waals surface area contributed by atoms with E-state index in [1.165, 1.54) is 6.07 Å². The zero-order valence-corrected chi connectivity index (χ0v) is 10.2. The van der Waals surface area contributed by atoms with Gasteiger partial charge in [-0.15, -0.1) is 0 Å². The Morgan fingerprint density at radius 3 is 2.88 bits per heavy atom. The van der Waals surface area contributed by atoms with Gasteiger partial charge in [-0.2, -0.15) is 5.10 Å². The minimum absolute atomic E-state index is 0.310. The smallest absolute Gasteiger partial charge is 0.129 e. The Labute approximate surface area is 104 Å². The summed E-state index contributed by atoms with van der Waals surface area (Å²) in [6, 6.07) is 3.95. The van der Waals surface area contributed by atoms with Crippen LogP contribution in [-0.4, -0.2) is 9.78 Å². The van der Waals surface area contributed by atoms with E-state index in [4.69, 9.17) is 17.3 Å². The van der Waals surface area contributed by atoms with Crippen LogP contribution in [0.4, 0.5) is 4.39 Å². The number of nitrogens with zero attached hydrogens (tertiary/aromatic N) is 2. The summed E-state index contributed by atoms with van der Waals surface area (Å²) in [5, 5.41) is 4.45.